The molecule has 1 aromatic heterocycles. The fraction of sp³-hybridized carbons (Fsp3) is 0.618. The van der Waals surface area contributed by atoms with Crippen molar-refractivity contribution in [3.05, 3.63) is 52.7 Å². The van der Waals surface area contributed by atoms with Gasteiger partial charge in [-0.3, -0.25) is 9.69 Å². The van der Waals surface area contributed by atoms with Crippen LogP contribution >= 0.6 is 11.6 Å². The molecule has 10 heteroatoms. The van der Waals surface area contributed by atoms with Crippen molar-refractivity contribution in [3.63, 3.8) is 0 Å². The predicted molar refractivity (Wildman–Crippen MR) is 172 cm³/mol. The van der Waals surface area contributed by atoms with Gasteiger partial charge < -0.3 is 24.8 Å². The third-order valence-electron chi connectivity index (χ3n) is 10.5. The second-order valence-electron chi connectivity index (χ2n) is 14.7. The van der Waals surface area contributed by atoms with Gasteiger partial charge >= 0.3 is 6.09 Å². The first-order chi connectivity index (χ1) is 21.1. The van der Waals surface area contributed by atoms with Crippen LogP contribution in [0.4, 0.5) is 16.3 Å². The number of hydrogen-bond acceptors (Lipinski definition) is 7. The van der Waals surface area contributed by atoms with E-state index in [1.807, 2.05) is 36.6 Å². The number of carbonyl (C=O) groups is 2. The molecule has 1 atom stereocenters. The summed E-state index contributed by atoms with van der Waals surface area (Å²) in [5, 5.41) is 4.29. The van der Waals surface area contributed by atoms with E-state index >= 15 is 0 Å². The lowest BCUT2D eigenvalue weighted by molar-refractivity contribution is -0.121. The first-order valence-corrected chi connectivity index (χ1v) is 16.7. The number of ether oxygens (including phenoxy) is 1. The summed E-state index contributed by atoms with van der Waals surface area (Å²) in [6.45, 7) is 14.1. The molecule has 1 saturated carbocycles. The largest absolute Gasteiger partial charge is 0.444 e. The number of amides is 2. The number of carbonyl (C=O) groups excluding carboxylic acids is 2. The van der Waals surface area contributed by atoms with Crippen LogP contribution in [-0.4, -0.2) is 103 Å². The van der Waals surface area contributed by atoms with Gasteiger partial charge in [-0.05, 0) is 81.5 Å². The third kappa shape index (κ3) is 5.56. The Hall–Kier alpha value is -2.88. The molecule has 2 amide bonds. The molecule has 4 fully saturated rings. The van der Waals surface area contributed by atoms with Gasteiger partial charge in [0.2, 0.25) is 5.91 Å². The van der Waals surface area contributed by atoms with Gasteiger partial charge in [0, 0.05) is 86.8 Å². The summed E-state index contributed by atoms with van der Waals surface area (Å²) in [4.78, 5) is 39.1. The molecule has 236 valence electrons. The number of nitrogens with zero attached hydrogens (tertiary/aromatic N) is 5. The number of hydrogen-bond donors (Lipinski definition) is 1. The smallest absolute Gasteiger partial charge is 0.410 e. The second-order valence-corrected chi connectivity index (χ2v) is 15.1. The monoisotopic (exact) mass is 620 g/mol. The average molecular weight is 621 g/mol. The number of likely N-dealkylation sites (tertiary alicyclic amines) is 2. The van der Waals surface area contributed by atoms with Gasteiger partial charge in [-0.2, -0.15) is 0 Å². The van der Waals surface area contributed by atoms with Crippen LogP contribution in [0.25, 0.3) is 0 Å². The highest BCUT2D eigenvalue weighted by Crippen LogP contribution is 2.57. The number of fused-ring (bicyclic) bond motifs is 1. The van der Waals surface area contributed by atoms with Crippen molar-refractivity contribution in [2.24, 2.45) is 11.3 Å². The Morgan fingerprint density at radius 3 is 2.52 bits per heavy atom. The normalized spacial score (nSPS) is 25.5. The summed E-state index contributed by atoms with van der Waals surface area (Å²) in [7, 11) is 0. The molecular formula is C34H45ClN6O3. The highest BCUT2D eigenvalue weighted by Gasteiger charge is 2.53. The minimum absolute atomic E-state index is 0.160. The van der Waals surface area contributed by atoms with Crippen LogP contribution < -0.4 is 10.2 Å². The van der Waals surface area contributed by atoms with Crippen molar-refractivity contribution in [1.29, 1.82) is 0 Å². The molecule has 1 spiro atoms. The number of rotatable bonds is 6. The highest BCUT2D eigenvalue weighted by atomic mass is 35.5. The van der Waals surface area contributed by atoms with Crippen molar-refractivity contribution in [2.75, 3.05) is 75.7 Å². The van der Waals surface area contributed by atoms with E-state index in [1.54, 1.807) is 6.20 Å². The van der Waals surface area contributed by atoms with Crippen molar-refractivity contribution >= 4 is 35.1 Å². The van der Waals surface area contributed by atoms with Crippen LogP contribution in [0.3, 0.4) is 0 Å². The van der Waals surface area contributed by atoms with Gasteiger partial charge in [0.05, 0.1) is 6.54 Å². The van der Waals surface area contributed by atoms with Crippen LogP contribution in [0.1, 0.15) is 57.6 Å². The first-order valence-electron chi connectivity index (χ1n) is 16.3. The van der Waals surface area contributed by atoms with Gasteiger partial charge in [-0.1, -0.05) is 23.7 Å². The molecule has 1 unspecified atom stereocenters. The fourth-order valence-corrected chi connectivity index (χ4v) is 8.32. The molecule has 5 heterocycles. The van der Waals surface area contributed by atoms with E-state index in [9.17, 15) is 9.59 Å². The van der Waals surface area contributed by atoms with Crippen LogP contribution in [0, 0.1) is 11.3 Å². The number of benzene rings is 1. The predicted octanol–water partition coefficient (Wildman–Crippen LogP) is 4.84. The van der Waals surface area contributed by atoms with Gasteiger partial charge in [0.1, 0.15) is 11.4 Å². The van der Waals surface area contributed by atoms with Gasteiger partial charge in [0.25, 0.3) is 0 Å². The van der Waals surface area contributed by atoms with E-state index in [1.165, 1.54) is 18.4 Å². The summed E-state index contributed by atoms with van der Waals surface area (Å²) >= 11 is 6.78. The quantitative estimate of drug-likeness (QED) is 0.495. The Morgan fingerprint density at radius 1 is 1.07 bits per heavy atom. The Morgan fingerprint density at radius 2 is 1.82 bits per heavy atom. The number of piperidine rings is 1. The first kappa shape index (κ1) is 29.8. The Balaban J connectivity index is 0.921. The number of nitrogens with one attached hydrogen (secondary N) is 1. The number of piperazine rings is 1. The number of pyridine rings is 1. The van der Waals surface area contributed by atoms with Gasteiger partial charge in [-0.25, -0.2) is 9.78 Å². The molecule has 1 aliphatic carbocycles. The van der Waals surface area contributed by atoms with Crippen LogP contribution in [-0.2, 0) is 14.9 Å². The van der Waals surface area contributed by atoms with E-state index in [0.717, 1.165) is 87.3 Å². The minimum atomic E-state index is -0.456. The molecule has 3 saturated heterocycles. The summed E-state index contributed by atoms with van der Waals surface area (Å²) in [5.41, 5.74) is 2.97. The zero-order valence-electron chi connectivity index (χ0n) is 26.3. The van der Waals surface area contributed by atoms with Crippen LogP contribution in [0.15, 0.2) is 36.5 Å². The molecule has 44 heavy (non-hydrogen) atoms. The molecule has 0 radical (unpaired) electrons. The van der Waals surface area contributed by atoms with Crippen molar-refractivity contribution in [2.45, 2.75) is 57.5 Å². The Kier molecular flexibility index (Phi) is 7.57. The lowest BCUT2D eigenvalue weighted by Gasteiger charge is -2.54. The molecule has 4 aliphatic heterocycles. The molecule has 7 rings (SSSR count). The minimum Gasteiger partial charge on any atom is -0.444 e. The van der Waals surface area contributed by atoms with Crippen molar-refractivity contribution in [1.82, 2.24) is 19.7 Å². The molecule has 1 aromatic carbocycles. The molecule has 0 bridgehead atoms. The maximum absolute atomic E-state index is 13.4. The topological polar surface area (TPSA) is 81.2 Å². The van der Waals surface area contributed by atoms with E-state index in [4.69, 9.17) is 16.3 Å². The number of halogens is 1. The maximum Gasteiger partial charge on any atom is 0.410 e. The lowest BCUT2D eigenvalue weighted by Crippen LogP contribution is -2.62. The molecule has 2 aromatic rings. The maximum atomic E-state index is 13.4. The SMILES string of the molecule is CC(C)(C)OC(=O)N1CCC2(CC1)CN(CCN1CCN(c3cccc(C4(C5CC5)CNc5nccc(Cl)c54)c3)C(=O)C1)C2. The van der Waals surface area contributed by atoms with E-state index < -0.39 is 5.60 Å². The van der Waals surface area contributed by atoms with E-state index in [-0.39, 0.29) is 17.4 Å². The number of aromatic nitrogens is 1. The summed E-state index contributed by atoms with van der Waals surface area (Å²) < 4.78 is 5.56. The van der Waals surface area contributed by atoms with Crippen LogP contribution in [0.2, 0.25) is 5.02 Å². The fourth-order valence-electron chi connectivity index (χ4n) is 8.00. The summed E-state index contributed by atoms with van der Waals surface area (Å²) in [6, 6.07) is 10.5. The molecular weight excluding hydrogens is 576 g/mol. The van der Waals surface area contributed by atoms with E-state index in [2.05, 4.69) is 44.4 Å². The van der Waals surface area contributed by atoms with E-state index in [0.29, 0.717) is 24.4 Å². The zero-order valence-corrected chi connectivity index (χ0v) is 27.0. The average Bonchev–Trinajstić information content (AvgIpc) is 3.75. The standard InChI is InChI=1S/C34H45ClN6O3/c1-32(2,3)44-31(43)40-13-10-33(11-14-40)22-39(23-33)16-15-38-17-18-41(28(42)20-38)26-6-4-5-25(19-26)34(24-7-8-24)21-37-30-29(34)27(35)9-12-36-30/h4-6,9,12,19,24H,7-8,10-11,13-18,20-23H2,1-3H3,(H,36,37). The Labute approximate surface area is 265 Å². The summed E-state index contributed by atoms with van der Waals surface area (Å²) in [5.74, 6) is 1.57. The summed E-state index contributed by atoms with van der Waals surface area (Å²) in [6.07, 6.45) is 6.00. The van der Waals surface area contributed by atoms with Crippen LogP contribution in [0.5, 0.6) is 0 Å². The molecule has 5 aliphatic rings. The van der Waals surface area contributed by atoms with Crippen molar-refractivity contribution < 1.29 is 14.3 Å². The molecule has 1 N–H and O–H groups in total. The second kappa shape index (κ2) is 11.2. The molecule has 9 nitrogen and oxygen atoms in total. The lowest BCUT2D eigenvalue weighted by atomic mass is 9.72. The highest BCUT2D eigenvalue weighted by molar-refractivity contribution is 6.32. The third-order valence-corrected chi connectivity index (χ3v) is 10.8. The van der Waals surface area contributed by atoms with Gasteiger partial charge in [0.15, 0.2) is 0 Å². The zero-order chi connectivity index (χ0) is 30.7. The Bertz CT molecular complexity index is 1420. The van der Waals surface area contributed by atoms with Gasteiger partial charge in [-0.15, -0.1) is 0 Å². The number of anilines is 2. The van der Waals surface area contributed by atoms with Crippen molar-refractivity contribution in [3.8, 4) is 0 Å².